The van der Waals surface area contributed by atoms with E-state index in [-0.39, 0.29) is 21.3 Å². The molecule has 3 N–H and O–H groups in total. The molecule has 0 saturated heterocycles. The van der Waals surface area contributed by atoms with Gasteiger partial charge < -0.3 is 10.6 Å². The van der Waals surface area contributed by atoms with Gasteiger partial charge in [0.2, 0.25) is 0 Å². The van der Waals surface area contributed by atoms with Gasteiger partial charge in [-0.05, 0) is 37.3 Å². The maximum Gasteiger partial charge on any atom is 0.166 e. The van der Waals surface area contributed by atoms with Crippen LogP contribution in [0.15, 0.2) is 55.0 Å². The molecule has 0 aliphatic rings. The Hall–Kier alpha value is -3.97. The molecule has 0 fully saturated rings. The first-order chi connectivity index (χ1) is 17.9. The van der Waals surface area contributed by atoms with Crippen molar-refractivity contribution in [2.45, 2.75) is 13.0 Å². The fraction of sp³-hybridized carbons (Fsp3) is 0.0800. The summed E-state index contributed by atoms with van der Waals surface area (Å²) in [5.74, 6) is -0.749. The Morgan fingerprint density at radius 1 is 1.11 bits per heavy atom. The summed E-state index contributed by atoms with van der Waals surface area (Å²) in [5.41, 5.74) is 3.88. The second-order valence-corrected chi connectivity index (χ2v) is 9.21. The second kappa shape index (κ2) is 10.2. The molecule has 8 nitrogen and oxygen atoms in total. The lowest BCUT2D eigenvalue weighted by Crippen LogP contribution is -2.15. The third kappa shape index (κ3) is 4.74. The molecule has 0 bridgehead atoms. The standard InChI is InChI=1S/C25H16Cl3FN8/c1-12-15(3-2-6-31-12)25(20-11-33-37-36-20)34-14-7-16-23(13(9-30)10-32-24(16)18(27)8-14)35-19-5-4-17(26)21(28)22(19)29/h2-8,10-11,25,34H,1H3,(H,32,35)(H,33,36,37)/t25-/m0/s1. The van der Waals surface area contributed by atoms with E-state index in [0.29, 0.717) is 33.0 Å². The van der Waals surface area contributed by atoms with Crippen LogP contribution in [0, 0.1) is 24.1 Å². The summed E-state index contributed by atoms with van der Waals surface area (Å²) >= 11 is 18.6. The van der Waals surface area contributed by atoms with Gasteiger partial charge in [0.05, 0.1) is 43.6 Å². The molecule has 5 aromatic rings. The molecule has 184 valence electrons. The van der Waals surface area contributed by atoms with Crippen LogP contribution in [-0.4, -0.2) is 25.4 Å². The average molecular weight is 554 g/mol. The number of nitriles is 1. The molecule has 3 heterocycles. The van der Waals surface area contributed by atoms with Crippen molar-refractivity contribution in [2.24, 2.45) is 0 Å². The lowest BCUT2D eigenvalue weighted by Gasteiger charge is -2.21. The third-order valence-corrected chi connectivity index (χ3v) is 6.81. The topological polar surface area (TPSA) is 115 Å². The van der Waals surface area contributed by atoms with Crippen LogP contribution in [0.5, 0.6) is 0 Å². The molecule has 0 spiro atoms. The molecule has 0 radical (unpaired) electrons. The Balaban J connectivity index is 1.64. The van der Waals surface area contributed by atoms with Crippen molar-refractivity contribution in [2.75, 3.05) is 10.6 Å². The van der Waals surface area contributed by atoms with Crippen molar-refractivity contribution in [3.63, 3.8) is 0 Å². The van der Waals surface area contributed by atoms with Crippen LogP contribution < -0.4 is 10.6 Å². The Kier molecular flexibility index (Phi) is 6.80. The van der Waals surface area contributed by atoms with Gasteiger partial charge in [-0.25, -0.2) is 4.39 Å². The highest BCUT2D eigenvalue weighted by atomic mass is 35.5. The number of halogens is 4. The number of rotatable bonds is 6. The van der Waals surface area contributed by atoms with E-state index in [4.69, 9.17) is 34.8 Å². The maximum absolute atomic E-state index is 14.9. The van der Waals surface area contributed by atoms with Crippen molar-refractivity contribution in [3.8, 4) is 6.07 Å². The Bertz CT molecular complexity index is 1670. The molecule has 12 heteroatoms. The lowest BCUT2D eigenvalue weighted by atomic mass is 10.0. The van der Waals surface area contributed by atoms with Gasteiger partial charge in [0, 0.05) is 40.9 Å². The van der Waals surface area contributed by atoms with E-state index in [1.54, 1.807) is 24.5 Å². The minimum absolute atomic E-state index is 0.0411. The van der Waals surface area contributed by atoms with Gasteiger partial charge in [-0.3, -0.25) is 15.1 Å². The molecule has 5 rings (SSSR count). The Morgan fingerprint density at radius 3 is 2.68 bits per heavy atom. The zero-order chi connectivity index (χ0) is 26.1. The van der Waals surface area contributed by atoms with Crippen LogP contribution in [0.4, 0.5) is 21.5 Å². The minimum Gasteiger partial charge on any atom is -0.373 e. The fourth-order valence-corrected chi connectivity index (χ4v) is 4.53. The second-order valence-electron chi connectivity index (χ2n) is 8.01. The predicted octanol–water partition coefficient (Wildman–Crippen LogP) is 6.97. The molecule has 37 heavy (non-hydrogen) atoms. The first kappa shape index (κ1) is 24.7. The Labute approximate surface area is 225 Å². The lowest BCUT2D eigenvalue weighted by molar-refractivity contribution is 0.632. The van der Waals surface area contributed by atoms with Crippen molar-refractivity contribution in [1.82, 2.24) is 25.4 Å². The number of hydrogen-bond acceptors (Lipinski definition) is 7. The van der Waals surface area contributed by atoms with Crippen molar-refractivity contribution >= 4 is 62.8 Å². The first-order valence-electron chi connectivity index (χ1n) is 10.8. The molecular weight excluding hydrogens is 538 g/mol. The maximum atomic E-state index is 14.9. The van der Waals surface area contributed by atoms with Crippen molar-refractivity contribution in [3.05, 3.63) is 98.4 Å². The summed E-state index contributed by atoms with van der Waals surface area (Å²) in [6.45, 7) is 1.90. The zero-order valence-corrected chi connectivity index (χ0v) is 21.3. The van der Waals surface area contributed by atoms with Crippen LogP contribution in [0.25, 0.3) is 10.9 Å². The van der Waals surface area contributed by atoms with E-state index in [2.05, 4.69) is 42.1 Å². The normalized spacial score (nSPS) is 11.8. The number of benzene rings is 2. The van der Waals surface area contributed by atoms with Gasteiger partial charge >= 0.3 is 0 Å². The minimum atomic E-state index is -0.749. The van der Waals surface area contributed by atoms with Crippen molar-refractivity contribution in [1.29, 1.82) is 5.26 Å². The van der Waals surface area contributed by atoms with Crippen LogP contribution in [-0.2, 0) is 0 Å². The summed E-state index contributed by atoms with van der Waals surface area (Å²) in [4.78, 5) is 8.74. The Morgan fingerprint density at radius 2 is 1.95 bits per heavy atom. The number of aromatic nitrogens is 5. The van der Waals surface area contributed by atoms with Crippen LogP contribution >= 0.6 is 34.8 Å². The summed E-state index contributed by atoms with van der Waals surface area (Å²) < 4.78 is 14.9. The highest BCUT2D eigenvalue weighted by Crippen LogP contribution is 2.38. The number of aryl methyl sites for hydroxylation is 1. The zero-order valence-electron chi connectivity index (χ0n) is 19.0. The van der Waals surface area contributed by atoms with E-state index in [0.717, 1.165) is 11.3 Å². The van der Waals surface area contributed by atoms with Gasteiger partial charge in [-0.15, -0.1) is 5.10 Å². The quantitative estimate of drug-likeness (QED) is 0.194. The van der Waals surface area contributed by atoms with Gasteiger partial charge in [0.15, 0.2) is 5.82 Å². The van der Waals surface area contributed by atoms with Crippen molar-refractivity contribution < 1.29 is 4.39 Å². The number of nitrogens with one attached hydrogen (secondary N) is 3. The summed E-state index contributed by atoms with van der Waals surface area (Å²) in [5, 5.41) is 27.6. The molecule has 0 aliphatic carbocycles. The number of nitrogens with zero attached hydrogens (tertiary/aromatic N) is 5. The fourth-order valence-electron chi connectivity index (χ4n) is 3.95. The molecule has 3 aromatic heterocycles. The number of hydrogen-bond donors (Lipinski definition) is 3. The number of fused-ring (bicyclic) bond motifs is 1. The summed E-state index contributed by atoms with van der Waals surface area (Å²) in [6.07, 6.45) is 4.76. The van der Waals surface area contributed by atoms with Crippen LogP contribution in [0.3, 0.4) is 0 Å². The summed E-state index contributed by atoms with van der Waals surface area (Å²) in [7, 11) is 0. The molecule has 1 atom stereocenters. The van der Waals surface area contributed by atoms with Gasteiger partial charge in [-0.1, -0.05) is 46.1 Å². The summed E-state index contributed by atoms with van der Waals surface area (Å²) in [6, 6.07) is 11.8. The van der Waals surface area contributed by atoms with Gasteiger partial charge in [-0.2, -0.15) is 5.26 Å². The monoisotopic (exact) mass is 552 g/mol. The highest BCUT2D eigenvalue weighted by Gasteiger charge is 2.21. The van der Waals surface area contributed by atoms with Gasteiger partial charge in [0.25, 0.3) is 0 Å². The number of H-pyrrole nitrogens is 1. The number of pyridine rings is 2. The highest BCUT2D eigenvalue weighted by molar-refractivity contribution is 6.42. The van der Waals surface area contributed by atoms with Crippen LogP contribution in [0.1, 0.15) is 28.6 Å². The van der Waals surface area contributed by atoms with Crippen LogP contribution in [0.2, 0.25) is 15.1 Å². The SMILES string of the molecule is Cc1ncccc1[C@H](Nc1cc(Cl)c2ncc(C#N)c(Nc3ccc(Cl)c(Cl)c3F)c2c1)c1c[nH]nn1. The average Bonchev–Trinajstić information content (AvgIpc) is 3.43. The molecule has 0 saturated carbocycles. The number of aromatic amines is 1. The molecular formula is C25H16Cl3FN8. The van der Waals surface area contributed by atoms with E-state index < -0.39 is 11.9 Å². The van der Waals surface area contributed by atoms with E-state index in [1.807, 2.05) is 19.1 Å². The smallest absolute Gasteiger partial charge is 0.166 e. The largest absolute Gasteiger partial charge is 0.373 e. The van der Waals surface area contributed by atoms with E-state index >= 15 is 0 Å². The van der Waals surface area contributed by atoms with Gasteiger partial charge in [0.1, 0.15) is 11.8 Å². The first-order valence-corrected chi connectivity index (χ1v) is 12.0. The predicted molar refractivity (Wildman–Crippen MR) is 142 cm³/mol. The van der Waals surface area contributed by atoms with E-state index in [1.165, 1.54) is 18.3 Å². The molecule has 2 aromatic carbocycles. The molecule has 0 aliphatic heterocycles. The molecule has 0 amide bonds. The van der Waals surface area contributed by atoms with E-state index in [9.17, 15) is 9.65 Å². The number of anilines is 3. The third-order valence-electron chi connectivity index (χ3n) is 5.74. The molecule has 0 unspecified atom stereocenters.